The van der Waals surface area contributed by atoms with Gasteiger partial charge in [0, 0.05) is 6.42 Å². The molecule has 2 rings (SSSR count). The molecule has 14 heavy (non-hydrogen) atoms. The molecule has 0 amide bonds. The fourth-order valence-corrected chi connectivity index (χ4v) is 1.43. The van der Waals surface area contributed by atoms with E-state index in [1.54, 1.807) is 6.20 Å². The zero-order valence-corrected chi connectivity index (χ0v) is 8.21. The maximum absolute atomic E-state index is 5.40. The lowest BCUT2D eigenvalue weighted by Gasteiger charge is -1.94. The third-order valence-electron chi connectivity index (χ3n) is 1.75. The number of hydrogen-bond acceptors (Lipinski definition) is 6. The zero-order valence-electron chi connectivity index (χ0n) is 7.40. The maximum Gasteiger partial charge on any atom is 0.183 e. The van der Waals surface area contributed by atoms with Crippen molar-refractivity contribution in [1.82, 2.24) is 19.9 Å². The topological polar surface area (TPSA) is 106 Å². The molecule has 0 saturated carbocycles. The summed E-state index contributed by atoms with van der Waals surface area (Å²) < 4.78 is 0. The van der Waals surface area contributed by atoms with Crippen LogP contribution < -0.4 is 10.9 Å². The molecule has 0 saturated heterocycles. The highest BCUT2D eigenvalue weighted by atomic mass is 32.2. The summed E-state index contributed by atoms with van der Waals surface area (Å²) in [6.07, 6.45) is 2.36. The van der Waals surface area contributed by atoms with Gasteiger partial charge in [0.25, 0.3) is 0 Å². The number of imidazole rings is 1. The van der Waals surface area contributed by atoms with Gasteiger partial charge >= 0.3 is 0 Å². The van der Waals surface area contributed by atoms with Crippen LogP contribution in [-0.2, 0) is 6.42 Å². The van der Waals surface area contributed by atoms with Gasteiger partial charge in [-0.3, -0.25) is 5.14 Å². The van der Waals surface area contributed by atoms with Crippen molar-refractivity contribution in [2.45, 2.75) is 11.6 Å². The summed E-state index contributed by atoms with van der Waals surface area (Å²) in [7, 11) is 0. The van der Waals surface area contributed by atoms with Crippen molar-refractivity contribution in [1.29, 1.82) is 0 Å². The van der Waals surface area contributed by atoms with Crippen molar-refractivity contribution in [3.8, 4) is 0 Å². The van der Waals surface area contributed by atoms with Crippen LogP contribution in [0.2, 0.25) is 0 Å². The molecule has 0 aliphatic rings. The van der Waals surface area contributed by atoms with Crippen LogP contribution in [0.25, 0.3) is 11.2 Å². The monoisotopic (exact) mass is 210 g/mol. The van der Waals surface area contributed by atoms with Crippen LogP contribution >= 0.6 is 11.9 Å². The van der Waals surface area contributed by atoms with Gasteiger partial charge in [0.2, 0.25) is 0 Å². The summed E-state index contributed by atoms with van der Waals surface area (Å²) in [6, 6.07) is 0. The van der Waals surface area contributed by atoms with Gasteiger partial charge < -0.3 is 10.7 Å². The van der Waals surface area contributed by atoms with E-state index < -0.39 is 0 Å². The Balaban J connectivity index is 2.43. The predicted molar refractivity (Wildman–Crippen MR) is 54.5 cm³/mol. The van der Waals surface area contributed by atoms with E-state index >= 15 is 0 Å². The molecule has 2 aromatic rings. The van der Waals surface area contributed by atoms with E-state index in [2.05, 4.69) is 19.9 Å². The quantitative estimate of drug-likeness (QED) is 0.607. The van der Waals surface area contributed by atoms with Gasteiger partial charge in [0.1, 0.15) is 11.3 Å². The molecule has 74 valence electrons. The molecule has 0 aromatic carbocycles. The van der Waals surface area contributed by atoms with Crippen LogP contribution in [0.1, 0.15) is 5.82 Å². The largest absolute Gasteiger partial charge is 0.330 e. The number of nitrogens with one attached hydrogen (secondary N) is 1. The first-order valence-corrected chi connectivity index (χ1v) is 5.00. The summed E-state index contributed by atoms with van der Waals surface area (Å²) in [6.45, 7) is 0.536. The van der Waals surface area contributed by atoms with Crippen molar-refractivity contribution >= 4 is 23.1 Å². The van der Waals surface area contributed by atoms with Crippen LogP contribution in [0.4, 0.5) is 0 Å². The summed E-state index contributed by atoms with van der Waals surface area (Å²) in [4.78, 5) is 15.5. The predicted octanol–water partition coefficient (Wildman–Crippen LogP) is -0.180. The number of nitrogens with zero attached hydrogens (tertiary/aromatic N) is 3. The van der Waals surface area contributed by atoms with E-state index in [-0.39, 0.29) is 0 Å². The molecule has 5 N–H and O–H groups in total. The SMILES string of the molecule is NCCc1ncc2[nH]c(SN)nc2n1. The van der Waals surface area contributed by atoms with E-state index in [1.165, 1.54) is 0 Å². The molecule has 0 unspecified atom stereocenters. The second kappa shape index (κ2) is 3.91. The minimum atomic E-state index is 0.536. The Morgan fingerprint density at radius 2 is 2.29 bits per heavy atom. The molecule has 0 spiro atoms. The fraction of sp³-hybridized carbons (Fsp3) is 0.286. The van der Waals surface area contributed by atoms with E-state index in [0.717, 1.165) is 17.5 Å². The Morgan fingerprint density at radius 3 is 3.00 bits per heavy atom. The summed E-state index contributed by atoms with van der Waals surface area (Å²) in [5, 5.41) is 6.00. The van der Waals surface area contributed by atoms with Crippen molar-refractivity contribution < 1.29 is 0 Å². The van der Waals surface area contributed by atoms with Gasteiger partial charge in [-0.2, -0.15) is 0 Å². The number of aromatic nitrogens is 4. The summed E-state index contributed by atoms with van der Waals surface area (Å²) in [5.41, 5.74) is 6.83. The first-order chi connectivity index (χ1) is 6.83. The van der Waals surface area contributed by atoms with Crippen molar-refractivity contribution in [2.75, 3.05) is 6.54 Å². The number of aromatic amines is 1. The van der Waals surface area contributed by atoms with Gasteiger partial charge in [-0.15, -0.1) is 0 Å². The van der Waals surface area contributed by atoms with E-state index in [4.69, 9.17) is 10.9 Å². The molecule has 0 atom stereocenters. The van der Waals surface area contributed by atoms with Crippen LogP contribution in [-0.4, -0.2) is 26.5 Å². The lowest BCUT2D eigenvalue weighted by Crippen LogP contribution is -2.06. The second-order valence-corrected chi connectivity index (χ2v) is 3.34. The highest BCUT2D eigenvalue weighted by Gasteiger charge is 2.04. The Bertz CT molecular complexity index is 439. The van der Waals surface area contributed by atoms with Crippen LogP contribution in [0.5, 0.6) is 0 Å². The average molecular weight is 210 g/mol. The Morgan fingerprint density at radius 1 is 1.43 bits per heavy atom. The lowest BCUT2D eigenvalue weighted by molar-refractivity contribution is 0.876. The van der Waals surface area contributed by atoms with Crippen molar-refractivity contribution in [2.24, 2.45) is 10.9 Å². The summed E-state index contributed by atoms with van der Waals surface area (Å²) in [5.74, 6) is 0.708. The molecule has 0 radical (unpaired) electrons. The Labute approximate surface area is 84.6 Å². The van der Waals surface area contributed by atoms with Crippen LogP contribution in [0.3, 0.4) is 0 Å². The molecule has 2 aromatic heterocycles. The van der Waals surface area contributed by atoms with Crippen LogP contribution in [0, 0.1) is 0 Å². The number of fused-ring (bicyclic) bond motifs is 1. The lowest BCUT2D eigenvalue weighted by atomic mass is 10.4. The summed E-state index contributed by atoms with van der Waals surface area (Å²) >= 11 is 1.05. The molecular formula is C7H10N6S. The Hall–Kier alpha value is -1.18. The third-order valence-corrected chi connectivity index (χ3v) is 2.16. The normalized spacial score (nSPS) is 11.0. The molecule has 0 aliphatic heterocycles. The highest BCUT2D eigenvalue weighted by Crippen LogP contribution is 2.12. The van der Waals surface area contributed by atoms with Gasteiger partial charge in [-0.25, -0.2) is 15.0 Å². The second-order valence-electron chi connectivity index (χ2n) is 2.72. The molecule has 6 nitrogen and oxygen atoms in total. The first-order valence-electron chi connectivity index (χ1n) is 4.12. The molecule has 0 bridgehead atoms. The molecule has 7 heteroatoms. The van der Waals surface area contributed by atoms with Gasteiger partial charge in [-0.05, 0) is 18.5 Å². The van der Waals surface area contributed by atoms with Crippen LogP contribution in [0.15, 0.2) is 11.4 Å². The highest BCUT2D eigenvalue weighted by molar-refractivity contribution is 7.96. The van der Waals surface area contributed by atoms with Crippen molar-refractivity contribution in [3.63, 3.8) is 0 Å². The Kier molecular flexibility index (Phi) is 2.62. The molecule has 0 aliphatic carbocycles. The van der Waals surface area contributed by atoms with Gasteiger partial charge in [-0.1, -0.05) is 0 Å². The van der Waals surface area contributed by atoms with Gasteiger partial charge in [0.15, 0.2) is 10.8 Å². The minimum Gasteiger partial charge on any atom is -0.330 e. The van der Waals surface area contributed by atoms with E-state index in [1.807, 2.05) is 0 Å². The third kappa shape index (κ3) is 1.69. The molecule has 2 heterocycles. The van der Waals surface area contributed by atoms with E-state index in [0.29, 0.717) is 29.6 Å². The number of rotatable bonds is 3. The standard InChI is InChI=1S/C7H10N6S/c8-2-1-5-10-3-4-6(12-5)13-7(11-4)14-9/h3H,1-2,8-9H2,(H,10,11,12,13). The first kappa shape index (κ1) is 9.38. The number of H-pyrrole nitrogens is 1. The number of hydrogen-bond donors (Lipinski definition) is 3. The minimum absolute atomic E-state index is 0.536. The number of nitrogens with two attached hydrogens (primary N) is 2. The smallest absolute Gasteiger partial charge is 0.183 e. The van der Waals surface area contributed by atoms with E-state index in [9.17, 15) is 0 Å². The fourth-order valence-electron chi connectivity index (χ4n) is 1.13. The van der Waals surface area contributed by atoms with Crippen molar-refractivity contribution in [3.05, 3.63) is 12.0 Å². The zero-order chi connectivity index (χ0) is 9.97. The molecular weight excluding hydrogens is 200 g/mol. The van der Waals surface area contributed by atoms with Gasteiger partial charge in [0.05, 0.1) is 6.20 Å². The average Bonchev–Trinajstić information content (AvgIpc) is 2.60. The maximum atomic E-state index is 5.40. The molecule has 0 fully saturated rings.